The molecule has 2 unspecified atom stereocenters. The minimum absolute atomic E-state index is 0.0577. The molecule has 2 amide bonds. The first-order chi connectivity index (χ1) is 10.0. The maximum absolute atomic E-state index is 12.5. The number of carboxylic acid groups (broad SMARTS) is 1. The molecule has 0 spiro atoms. The Morgan fingerprint density at radius 2 is 1.71 bits per heavy atom. The van der Waals surface area contributed by atoms with Gasteiger partial charge in [-0.3, -0.25) is 9.59 Å². The summed E-state index contributed by atoms with van der Waals surface area (Å²) in [6.07, 6.45) is 4.85. The van der Waals surface area contributed by atoms with Crippen LogP contribution in [-0.4, -0.2) is 22.9 Å². The van der Waals surface area contributed by atoms with E-state index >= 15 is 0 Å². The number of carbonyl (C=O) groups excluding carboxylic acids is 2. The molecule has 1 aliphatic carbocycles. The van der Waals surface area contributed by atoms with E-state index in [0.29, 0.717) is 17.3 Å². The Morgan fingerprint density at radius 1 is 1.14 bits per heavy atom. The highest BCUT2D eigenvalue weighted by molar-refractivity contribution is 9.10. The fraction of sp³-hybridized carbons (Fsp3) is 0.267. The summed E-state index contributed by atoms with van der Waals surface area (Å²) in [6.45, 7) is 0. The van der Waals surface area contributed by atoms with Crippen molar-refractivity contribution in [2.45, 2.75) is 12.8 Å². The van der Waals surface area contributed by atoms with Crippen LogP contribution in [0.1, 0.15) is 23.2 Å². The van der Waals surface area contributed by atoms with E-state index in [2.05, 4.69) is 15.9 Å². The second-order valence-electron chi connectivity index (χ2n) is 5.11. The van der Waals surface area contributed by atoms with Gasteiger partial charge in [0.1, 0.15) is 0 Å². The lowest BCUT2D eigenvalue weighted by atomic mass is 9.85. The minimum Gasteiger partial charge on any atom is -0.478 e. The lowest BCUT2D eigenvalue weighted by Gasteiger charge is -2.18. The van der Waals surface area contributed by atoms with Gasteiger partial charge in [-0.2, -0.15) is 0 Å². The van der Waals surface area contributed by atoms with E-state index in [1.807, 2.05) is 12.2 Å². The third-order valence-electron chi connectivity index (χ3n) is 3.95. The van der Waals surface area contributed by atoms with Gasteiger partial charge < -0.3 is 5.11 Å². The van der Waals surface area contributed by atoms with E-state index in [4.69, 9.17) is 0 Å². The smallest absolute Gasteiger partial charge is 0.337 e. The van der Waals surface area contributed by atoms with Crippen molar-refractivity contribution in [3.05, 3.63) is 40.4 Å². The summed E-state index contributed by atoms with van der Waals surface area (Å²) in [7, 11) is 0. The van der Waals surface area contributed by atoms with Crippen LogP contribution < -0.4 is 4.90 Å². The van der Waals surface area contributed by atoms with E-state index in [9.17, 15) is 19.5 Å². The number of rotatable bonds is 2. The van der Waals surface area contributed by atoms with Crippen LogP contribution in [0.2, 0.25) is 0 Å². The number of hydrogen-bond donors (Lipinski definition) is 1. The highest BCUT2D eigenvalue weighted by Gasteiger charge is 2.49. The van der Waals surface area contributed by atoms with E-state index in [-0.39, 0.29) is 34.9 Å². The van der Waals surface area contributed by atoms with Crippen LogP contribution in [0.25, 0.3) is 0 Å². The second-order valence-corrected chi connectivity index (χ2v) is 5.96. The molecule has 1 N–H and O–H groups in total. The Hall–Kier alpha value is -1.95. The molecule has 3 rings (SSSR count). The molecule has 5 nitrogen and oxygen atoms in total. The fourth-order valence-electron chi connectivity index (χ4n) is 2.94. The van der Waals surface area contributed by atoms with Crippen molar-refractivity contribution in [3.63, 3.8) is 0 Å². The van der Waals surface area contributed by atoms with E-state index < -0.39 is 5.97 Å². The van der Waals surface area contributed by atoms with Crippen molar-refractivity contribution < 1.29 is 19.5 Å². The number of para-hydroxylation sites is 1. The number of carbonyl (C=O) groups is 3. The third-order valence-corrected chi connectivity index (χ3v) is 4.59. The van der Waals surface area contributed by atoms with E-state index in [1.165, 1.54) is 6.07 Å². The van der Waals surface area contributed by atoms with Crippen molar-refractivity contribution in [3.8, 4) is 0 Å². The Kier molecular flexibility index (Phi) is 3.41. The van der Waals surface area contributed by atoms with Gasteiger partial charge >= 0.3 is 5.97 Å². The van der Waals surface area contributed by atoms with Crippen LogP contribution in [0.3, 0.4) is 0 Å². The van der Waals surface area contributed by atoms with Gasteiger partial charge in [0, 0.05) is 4.47 Å². The fourth-order valence-corrected chi connectivity index (χ4v) is 3.48. The number of hydrogen-bond acceptors (Lipinski definition) is 3. The molecule has 2 atom stereocenters. The van der Waals surface area contributed by atoms with Crippen LogP contribution >= 0.6 is 15.9 Å². The summed E-state index contributed by atoms with van der Waals surface area (Å²) in [5.74, 6) is -2.56. The molecule has 1 aromatic carbocycles. The quantitative estimate of drug-likeness (QED) is 0.657. The molecule has 21 heavy (non-hydrogen) atoms. The Bertz CT molecular complexity index is 656. The molecule has 6 heteroatoms. The van der Waals surface area contributed by atoms with Crippen LogP contribution in [-0.2, 0) is 9.59 Å². The lowest BCUT2D eigenvalue weighted by Crippen LogP contribution is -2.32. The summed E-state index contributed by atoms with van der Waals surface area (Å²) in [5.41, 5.74) is 0.0760. The molecule has 108 valence electrons. The Morgan fingerprint density at radius 3 is 2.24 bits per heavy atom. The van der Waals surface area contributed by atoms with Gasteiger partial charge in [-0.1, -0.05) is 18.2 Å². The first kappa shape index (κ1) is 14.0. The minimum atomic E-state index is -1.17. The first-order valence-electron chi connectivity index (χ1n) is 6.57. The summed E-state index contributed by atoms with van der Waals surface area (Å²) in [6, 6.07) is 4.59. The summed E-state index contributed by atoms with van der Waals surface area (Å²) in [4.78, 5) is 37.5. The molecule has 1 heterocycles. The highest BCUT2D eigenvalue weighted by Crippen LogP contribution is 2.41. The number of imide groups is 1. The molecule has 1 fully saturated rings. The van der Waals surface area contributed by atoms with Crippen LogP contribution in [0, 0.1) is 11.8 Å². The molecule has 1 aliphatic heterocycles. The normalized spacial score (nSPS) is 24.3. The molecular weight excluding hydrogens is 338 g/mol. The zero-order valence-corrected chi connectivity index (χ0v) is 12.5. The number of halogens is 1. The number of allylic oxidation sites excluding steroid dienone is 2. The molecule has 0 bridgehead atoms. The van der Waals surface area contributed by atoms with Gasteiger partial charge in [-0.25, -0.2) is 9.69 Å². The van der Waals surface area contributed by atoms with E-state index in [1.54, 1.807) is 12.1 Å². The maximum Gasteiger partial charge on any atom is 0.337 e. The van der Waals surface area contributed by atoms with Gasteiger partial charge in [0.2, 0.25) is 11.8 Å². The average molecular weight is 350 g/mol. The largest absolute Gasteiger partial charge is 0.478 e. The van der Waals surface area contributed by atoms with E-state index in [0.717, 1.165) is 4.90 Å². The first-order valence-corrected chi connectivity index (χ1v) is 7.36. The number of aromatic carboxylic acids is 1. The summed E-state index contributed by atoms with van der Waals surface area (Å²) < 4.78 is 0.427. The van der Waals surface area contributed by atoms with Crippen LogP contribution in [0.4, 0.5) is 5.69 Å². The predicted octanol–water partition coefficient (Wildman–Crippen LogP) is 2.60. The van der Waals surface area contributed by atoms with Crippen molar-refractivity contribution in [1.29, 1.82) is 0 Å². The zero-order valence-electron chi connectivity index (χ0n) is 11.0. The van der Waals surface area contributed by atoms with Crippen molar-refractivity contribution in [2.24, 2.45) is 11.8 Å². The molecule has 0 aromatic heterocycles. The number of fused-ring (bicyclic) bond motifs is 1. The molecule has 1 saturated heterocycles. The van der Waals surface area contributed by atoms with Crippen LogP contribution in [0.5, 0.6) is 0 Å². The van der Waals surface area contributed by atoms with Gasteiger partial charge in [0.05, 0.1) is 23.1 Å². The summed E-state index contributed by atoms with van der Waals surface area (Å²) in [5, 5.41) is 9.30. The lowest BCUT2D eigenvalue weighted by molar-refractivity contribution is -0.122. The number of carboxylic acids is 1. The second kappa shape index (κ2) is 5.11. The zero-order chi connectivity index (χ0) is 15.1. The third kappa shape index (κ3) is 2.10. The van der Waals surface area contributed by atoms with Crippen molar-refractivity contribution in [2.75, 3.05) is 4.90 Å². The predicted molar refractivity (Wildman–Crippen MR) is 78.9 cm³/mol. The number of amides is 2. The molecule has 0 saturated carbocycles. The Balaban J connectivity index is 2.12. The SMILES string of the molecule is O=C(O)c1cccc(Br)c1N1C(=O)C2CC=CCC2C1=O. The number of nitrogens with zero attached hydrogens (tertiary/aromatic N) is 1. The monoisotopic (exact) mass is 349 g/mol. The number of benzene rings is 1. The van der Waals surface area contributed by atoms with Gasteiger partial charge in [-0.15, -0.1) is 0 Å². The van der Waals surface area contributed by atoms with Gasteiger partial charge in [0.15, 0.2) is 0 Å². The maximum atomic E-state index is 12.5. The average Bonchev–Trinajstić information content (AvgIpc) is 2.72. The van der Waals surface area contributed by atoms with Crippen molar-refractivity contribution in [1.82, 2.24) is 0 Å². The molecule has 1 aromatic rings. The van der Waals surface area contributed by atoms with Gasteiger partial charge in [0.25, 0.3) is 0 Å². The topological polar surface area (TPSA) is 74.7 Å². The van der Waals surface area contributed by atoms with Crippen molar-refractivity contribution >= 4 is 39.4 Å². The molecule has 0 radical (unpaired) electrons. The molecular formula is C15H12BrNO4. The highest BCUT2D eigenvalue weighted by atomic mass is 79.9. The number of anilines is 1. The van der Waals surface area contributed by atoms with Crippen LogP contribution in [0.15, 0.2) is 34.8 Å². The summed E-state index contributed by atoms with van der Waals surface area (Å²) >= 11 is 3.25. The Labute approximate surface area is 129 Å². The molecule has 2 aliphatic rings. The standard InChI is InChI=1S/C15H12BrNO4/c16-11-7-3-6-10(15(20)21)12(11)17-13(18)8-4-1-2-5-9(8)14(17)19/h1-3,6-9H,4-5H2,(H,20,21). The van der Waals surface area contributed by atoms with Gasteiger partial charge in [-0.05, 0) is 40.9 Å².